The molecule has 6 heteroatoms. The van der Waals surface area contributed by atoms with Crippen molar-refractivity contribution in [1.82, 2.24) is 10.6 Å². The van der Waals surface area contributed by atoms with E-state index in [9.17, 15) is 4.79 Å². The summed E-state index contributed by atoms with van der Waals surface area (Å²) in [5.74, 6) is 0. The van der Waals surface area contributed by atoms with Gasteiger partial charge in [0.15, 0.2) is 8.32 Å². The molecule has 3 N–H and O–H groups in total. The summed E-state index contributed by atoms with van der Waals surface area (Å²) in [5, 5.41) is 14.7. The van der Waals surface area contributed by atoms with E-state index in [0.29, 0.717) is 13.2 Å². The van der Waals surface area contributed by atoms with Gasteiger partial charge in [-0.3, -0.25) is 0 Å². The molecule has 18 heavy (non-hydrogen) atoms. The molecule has 1 fully saturated rings. The second-order valence-electron chi connectivity index (χ2n) is 6.56. The van der Waals surface area contributed by atoms with Gasteiger partial charge in [-0.05, 0) is 24.6 Å². The van der Waals surface area contributed by atoms with Crippen LogP contribution in [-0.2, 0) is 4.43 Å². The van der Waals surface area contributed by atoms with E-state index in [0.717, 1.165) is 6.42 Å². The van der Waals surface area contributed by atoms with Crippen molar-refractivity contribution in [3.63, 3.8) is 0 Å². The molecule has 2 atom stereocenters. The second kappa shape index (κ2) is 5.58. The van der Waals surface area contributed by atoms with Gasteiger partial charge in [0, 0.05) is 25.2 Å². The van der Waals surface area contributed by atoms with Crippen LogP contribution in [-0.4, -0.2) is 44.8 Å². The first-order valence-electron chi connectivity index (χ1n) is 6.48. The molecule has 1 rings (SSSR count). The van der Waals surface area contributed by atoms with E-state index in [2.05, 4.69) is 44.5 Å². The van der Waals surface area contributed by atoms with Gasteiger partial charge in [0.1, 0.15) is 0 Å². The van der Waals surface area contributed by atoms with Crippen LogP contribution in [0.3, 0.4) is 0 Å². The topological polar surface area (TPSA) is 70.6 Å². The monoisotopic (exact) mass is 274 g/mol. The highest BCUT2D eigenvalue weighted by Gasteiger charge is 2.38. The van der Waals surface area contributed by atoms with Crippen molar-refractivity contribution >= 4 is 14.4 Å². The maximum atomic E-state index is 10.5. The summed E-state index contributed by atoms with van der Waals surface area (Å²) in [6, 6.07) is 0.270. The van der Waals surface area contributed by atoms with Crippen LogP contribution >= 0.6 is 0 Å². The van der Waals surface area contributed by atoms with E-state index in [1.165, 1.54) is 0 Å². The van der Waals surface area contributed by atoms with E-state index < -0.39 is 14.4 Å². The molecule has 1 aliphatic rings. The van der Waals surface area contributed by atoms with Gasteiger partial charge in [0.05, 0.1) is 0 Å². The van der Waals surface area contributed by atoms with Gasteiger partial charge in [0.2, 0.25) is 0 Å². The SMILES string of the molecule is CC(C)(C)[Si](C)(C)OC[C@@H]1C[C@H](NC(=O)O)CN1. The Balaban J connectivity index is 2.36. The normalized spacial score (nSPS) is 25.2. The largest absolute Gasteiger partial charge is 0.465 e. The van der Waals surface area contributed by atoms with Gasteiger partial charge in [-0.2, -0.15) is 0 Å². The van der Waals surface area contributed by atoms with Crippen molar-refractivity contribution in [2.45, 2.75) is 57.4 Å². The number of hydrogen-bond acceptors (Lipinski definition) is 3. The molecule has 1 amide bonds. The van der Waals surface area contributed by atoms with Gasteiger partial charge in [0.25, 0.3) is 0 Å². The highest BCUT2D eigenvalue weighted by atomic mass is 28.4. The number of nitrogens with one attached hydrogen (secondary N) is 2. The average Bonchev–Trinajstić information content (AvgIpc) is 2.60. The molecule has 1 saturated heterocycles. The summed E-state index contributed by atoms with van der Waals surface area (Å²) in [6.07, 6.45) is -0.145. The Kier molecular flexibility index (Phi) is 4.80. The maximum Gasteiger partial charge on any atom is 0.404 e. The summed E-state index contributed by atoms with van der Waals surface area (Å²) in [7, 11) is -1.70. The van der Waals surface area contributed by atoms with Crippen molar-refractivity contribution in [2.24, 2.45) is 0 Å². The lowest BCUT2D eigenvalue weighted by Gasteiger charge is -2.37. The highest BCUT2D eigenvalue weighted by molar-refractivity contribution is 6.74. The number of amides is 1. The third-order valence-corrected chi connectivity index (χ3v) is 8.50. The van der Waals surface area contributed by atoms with Crippen molar-refractivity contribution in [3.8, 4) is 0 Å². The van der Waals surface area contributed by atoms with E-state index in [-0.39, 0.29) is 17.1 Å². The second-order valence-corrected chi connectivity index (χ2v) is 11.4. The van der Waals surface area contributed by atoms with E-state index >= 15 is 0 Å². The highest BCUT2D eigenvalue weighted by Crippen LogP contribution is 2.36. The third-order valence-electron chi connectivity index (χ3n) is 4.00. The van der Waals surface area contributed by atoms with Crippen molar-refractivity contribution in [1.29, 1.82) is 0 Å². The summed E-state index contributed by atoms with van der Waals surface area (Å²) in [6.45, 7) is 12.5. The first kappa shape index (κ1) is 15.5. The zero-order valence-electron chi connectivity index (χ0n) is 12.0. The minimum Gasteiger partial charge on any atom is -0.465 e. The van der Waals surface area contributed by atoms with E-state index in [1.807, 2.05) is 0 Å². The Morgan fingerprint density at radius 3 is 2.61 bits per heavy atom. The van der Waals surface area contributed by atoms with Crippen LogP contribution in [0.15, 0.2) is 0 Å². The summed E-state index contributed by atoms with van der Waals surface area (Å²) >= 11 is 0. The molecule has 0 aromatic rings. The number of hydrogen-bond donors (Lipinski definition) is 3. The molecule has 1 aliphatic heterocycles. The first-order valence-corrected chi connectivity index (χ1v) is 9.39. The van der Waals surface area contributed by atoms with Crippen LogP contribution in [0.1, 0.15) is 27.2 Å². The predicted octanol–water partition coefficient (Wildman–Crippen LogP) is 2.01. The minimum atomic E-state index is -1.70. The first-order chi connectivity index (χ1) is 8.12. The average molecular weight is 274 g/mol. The predicted molar refractivity (Wildman–Crippen MR) is 74.5 cm³/mol. The zero-order chi connectivity index (χ0) is 14.0. The molecular formula is C12H26N2O3Si. The Labute approximate surface area is 110 Å². The molecular weight excluding hydrogens is 248 g/mol. The smallest absolute Gasteiger partial charge is 0.404 e. The quantitative estimate of drug-likeness (QED) is 0.686. The molecule has 106 valence electrons. The standard InChI is InChI=1S/C12H26N2O3Si/c1-12(2,3)18(4,5)17-8-10-6-9(7-13-10)14-11(15)16/h9-10,13-14H,6-8H2,1-5H3,(H,15,16)/t9-,10-/m0/s1. The number of carbonyl (C=O) groups is 1. The van der Waals surface area contributed by atoms with Crippen LogP contribution in [0.4, 0.5) is 4.79 Å². The lowest BCUT2D eigenvalue weighted by atomic mass is 10.2. The Morgan fingerprint density at radius 1 is 1.50 bits per heavy atom. The van der Waals surface area contributed by atoms with E-state index in [4.69, 9.17) is 9.53 Å². The number of carboxylic acid groups (broad SMARTS) is 1. The molecule has 0 bridgehead atoms. The Bertz CT molecular complexity index is 302. The molecule has 0 radical (unpaired) electrons. The minimum absolute atomic E-state index is 0.00974. The van der Waals surface area contributed by atoms with Gasteiger partial charge >= 0.3 is 6.09 Å². The molecule has 1 heterocycles. The maximum absolute atomic E-state index is 10.5. The fourth-order valence-corrected chi connectivity index (χ4v) is 2.81. The van der Waals surface area contributed by atoms with E-state index in [1.54, 1.807) is 0 Å². The summed E-state index contributed by atoms with van der Waals surface area (Å²) < 4.78 is 6.13. The van der Waals surface area contributed by atoms with Crippen LogP contribution in [0.5, 0.6) is 0 Å². The molecule has 0 spiro atoms. The van der Waals surface area contributed by atoms with Crippen LogP contribution in [0, 0.1) is 0 Å². The fourth-order valence-electron chi connectivity index (χ4n) is 1.76. The zero-order valence-corrected chi connectivity index (χ0v) is 13.0. The van der Waals surface area contributed by atoms with Crippen LogP contribution in [0.25, 0.3) is 0 Å². The van der Waals surface area contributed by atoms with Gasteiger partial charge in [-0.25, -0.2) is 4.79 Å². The summed E-state index contributed by atoms with van der Waals surface area (Å²) in [4.78, 5) is 10.5. The molecule has 0 aliphatic carbocycles. The van der Waals surface area contributed by atoms with Gasteiger partial charge < -0.3 is 20.2 Å². The molecule has 0 unspecified atom stereocenters. The Morgan fingerprint density at radius 2 is 2.11 bits per heavy atom. The Hall–Kier alpha value is -0.593. The van der Waals surface area contributed by atoms with Gasteiger partial charge in [-0.15, -0.1) is 0 Å². The lowest BCUT2D eigenvalue weighted by Crippen LogP contribution is -2.43. The summed E-state index contributed by atoms with van der Waals surface area (Å²) in [5.41, 5.74) is 0. The fraction of sp³-hybridized carbons (Fsp3) is 0.917. The van der Waals surface area contributed by atoms with Gasteiger partial charge in [-0.1, -0.05) is 20.8 Å². The molecule has 0 aromatic carbocycles. The molecule has 0 saturated carbocycles. The number of rotatable bonds is 4. The van der Waals surface area contributed by atoms with Crippen molar-refractivity contribution in [2.75, 3.05) is 13.2 Å². The van der Waals surface area contributed by atoms with Crippen LogP contribution < -0.4 is 10.6 Å². The van der Waals surface area contributed by atoms with Crippen LogP contribution in [0.2, 0.25) is 18.1 Å². The lowest BCUT2D eigenvalue weighted by molar-refractivity contribution is 0.190. The molecule has 5 nitrogen and oxygen atoms in total. The van der Waals surface area contributed by atoms with Crippen molar-refractivity contribution in [3.05, 3.63) is 0 Å². The van der Waals surface area contributed by atoms with Crippen molar-refractivity contribution < 1.29 is 14.3 Å². The molecule has 0 aromatic heterocycles. The third kappa shape index (κ3) is 4.26.